The number of nitrogens with zero attached hydrogens (tertiary/aromatic N) is 2. The van der Waals surface area contributed by atoms with Gasteiger partial charge in [-0.05, 0) is 37.3 Å². The predicted octanol–water partition coefficient (Wildman–Crippen LogP) is 2.97. The number of anilines is 1. The summed E-state index contributed by atoms with van der Waals surface area (Å²) in [5.41, 5.74) is 2.09. The van der Waals surface area contributed by atoms with Crippen LogP contribution in [0.3, 0.4) is 0 Å². The minimum absolute atomic E-state index is 0.0909. The van der Waals surface area contributed by atoms with E-state index in [0.717, 1.165) is 30.4 Å². The number of hydrogen-bond acceptors (Lipinski definition) is 4. The lowest BCUT2D eigenvalue weighted by Crippen LogP contribution is -2.34. The Hall–Kier alpha value is -3.22. The summed E-state index contributed by atoms with van der Waals surface area (Å²) in [5.74, 6) is -2.60. The average Bonchev–Trinajstić information content (AvgIpc) is 3.06. The number of carbonyl (C=O) groups is 2. The average molecular weight is 355 g/mol. The van der Waals surface area contributed by atoms with Crippen molar-refractivity contribution in [3.63, 3.8) is 0 Å². The van der Waals surface area contributed by atoms with E-state index in [9.17, 15) is 19.1 Å². The van der Waals surface area contributed by atoms with E-state index >= 15 is 0 Å². The van der Waals surface area contributed by atoms with Crippen molar-refractivity contribution in [2.45, 2.75) is 19.4 Å². The minimum atomic E-state index is -1.46. The second-order valence-electron chi connectivity index (χ2n) is 6.02. The first kappa shape index (κ1) is 17.6. The quantitative estimate of drug-likeness (QED) is 0.864. The molecule has 1 amide bonds. The molecule has 0 spiro atoms. The Kier molecular flexibility index (Phi) is 4.97. The maximum Gasteiger partial charge on any atom is 0.331 e. The number of benzene rings is 2. The van der Waals surface area contributed by atoms with Gasteiger partial charge in [0.2, 0.25) is 0 Å². The van der Waals surface area contributed by atoms with E-state index in [2.05, 4.69) is 10.4 Å². The maximum absolute atomic E-state index is 13.9. The number of nitrogens with one attached hydrogen (secondary N) is 1. The van der Waals surface area contributed by atoms with Gasteiger partial charge >= 0.3 is 5.97 Å². The fourth-order valence-electron chi connectivity index (χ4n) is 2.74. The van der Waals surface area contributed by atoms with E-state index in [1.54, 1.807) is 24.3 Å². The molecule has 1 heterocycles. The summed E-state index contributed by atoms with van der Waals surface area (Å²) in [7, 11) is 0. The predicted molar refractivity (Wildman–Crippen MR) is 95.8 cm³/mol. The third-order valence-corrected chi connectivity index (χ3v) is 4.14. The first-order chi connectivity index (χ1) is 12.5. The number of aliphatic carboxylic acids is 1. The second-order valence-corrected chi connectivity index (χ2v) is 6.02. The summed E-state index contributed by atoms with van der Waals surface area (Å²) in [6, 6.07) is 10.7. The topological polar surface area (TPSA) is 82.0 Å². The lowest BCUT2D eigenvalue weighted by Gasteiger charge is -2.17. The normalized spacial score (nSPS) is 14.7. The van der Waals surface area contributed by atoms with Gasteiger partial charge in [0.1, 0.15) is 5.82 Å². The molecule has 0 fully saturated rings. The molecule has 2 aromatic carbocycles. The van der Waals surface area contributed by atoms with Crippen LogP contribution in [0.15, 0.2) is 53.6 Å². The molecule has 2 aromatic rings. The molecule has 0 saturated heterocycles. The van der Waals surface area contributed by atoms with Crippen LogP contribution in [-0.4, -0.2) is 29.2 Å². The highest BCUT2D eigenvalue weighted by Gasteiger charge is 2.25. The zero-order valence-corrected chi connectivity index (χ0v) is 14.1. The number of hydrazone groups is 1. The van der Waals surface area contributed by atoms with Crippen LogP contribution in [0.4, 0.5) is 10.1 Å². The Bertz CT molecular complexity index is 865. The van der Waals surface area contributed by atoms with Gasteiger partial charge in [0.05, 0.1) is 5.69 Å². The Morgan fingerprint density at radius 3 is 2.46 bits per heavy atom. The van der Waals surface area contributed by atoms with E-state index in [1.165, 1.54) is 18.2 Å². The van der Waals surface area contributed by atoms with E-state index in [-0.39, 0.29) is 11.1 Å². The molecule has 26 heavy (non-hydrogen) atoms. The second kappa shape index (κ2) is 7.35. The number of carboxylic acid groups (broad SMARTS) is 1. The minimum Gasteiger partial charge on any atom is -0.479 e. The highest BCUT2D eigenvalue weighted by Crippen LogP contribution is 2.21. The maximum atomic E-state index is 13.9. The summed E-state index contributed by atoms with van der Waals surface area (Å²) in [6.45, 7) is 2.74. The van der Waals surface area contributed by atoms with E-state index < -0.39 is 23.7 Å². The van der Waals surface area contributed by atoms with Crippen molar-refractivity contribution in [3.8, 4) is 0 Å². The number of rotatable bonds is 5. The molecule has 0 saturated carbocycles. The molecule has 1 aliphatic rings. The first-order valence-electron chi connectivity index (χ1n) is 8.15. The smallest absolute Gasteiger partial charge is 0.331 e. The van der Waals surface area contributed by atoms with E-state index in [0.29, 0.717) is 0 Å². The van der Waals surface area contributed by atoms with Crippen molar-refractivity contribution in [1.29, 1.82) is 0 Å². The Morgan fingerprint density at radius 1 is 1.19 bits per heavy atom. The SMILES string of the molecule is CC1=NN(c2ccc(C(=O)N[C@@H](C(=O)O)c3ccccc3F)cc2)CC1. The van der Waals surface area contributed by atoms with Crippen LogP contribution in [-0.2, 0) is 4.79 Å². The van der Waals surface area contributed by atoms with Gasteiger partial charge in [0.25, 0.3) is 5.91 Å². The van der Waals surface area contributed by atoms with Gasteiger partial charge in [0, 0.05) is 29.8 Å². The van der Waals surface area contributed by atoms with Crippen LogP contribution in [0.1, 0.15) is 35.3 Å². The van der Waals surface area contributed by atoms with Crippen LogP contribution in [0, 0.1) is 5.82 Å². The Labute approximate surface area is 149 Å². The monoisotopic (exact) mass is 355 g/mol. The van der Waals surface area contributed by atoms with Gasteiger partial charge in [0.15, 0.2) is 6.04 Å². The zero-order valence-electron chi connectivity index (χ0n) is 14.1. The summed E-state index contributed by atoms with van der Waals surface area (Å²) in [4.78, 5) is 23.9. The van der Waals surface area contributed by atoms with Crippen molar-refractivity contribution in [2.75, 3.05) is 11.6 Å². The molecule has 3 rings (SSSR count). The van der Waals surface area contributed by atoms with Gasteiger partial charge in [-0.15, -0.1) is 0 Å². The number of hydrogen-bond donors (Lipinski definition) is 2. The van der Waals surface area contributed by atoms with Crippen LogP contribution in [0.25, 0.3) is 0 Å². The molecule has 1 aliphatic heterocycles. The fraction of sp³-hybridized carbons (Fsp3) is 0.211. The van der Waals surface area contributed by atoms with Gasteiger partial charge in [-0.3, -0.25) is 9.80 Å². The molecule has 0 aromatic heterocycles. The molecule has 134 valence electrons. The highest BCUT2D eigenvalue weighted by molar-refractivity contribution is 5.97. The summed E-state index contributed by atoms with van der Waals surface area (Å²) in [6.07, 6.45) is 0.894. The molecule has 7 heteroatoms. The number of carbonyl (C=O) groups excluding carboxylic acids is 1. The largest absolute Gasteiger partial charge is 0.479 e. The third kappa shape index (κ3) is 3.72. The molecule has 1 atom stereocenters. The molecule has 0 radical (unpaired) electrons. The highest BCUT2D eigenvalue weighted by atomic mass is 19.1. The van der Waals surface area contributed by atoms with Gasteiger partial charge in [-0.1, -0.05) is 18.2 Å². The van der Waals surface area contributed by atoms with Crippen LogP contribution in [0.5, 0.6) is 0 Å². The van der Waals surface area contributed by atoms with Crippen molar-refractivity contribution in [1.82, 2.24) is 5.32 Å². The van der Waals surface area contributed by atoms with Crippen LogP contribution >= 0.6 is 0 Å². The van der Waals surface area contributed by atoms with Crippen molar-refractivity contribution >= 4 is 23.3 Å². The summed E-state index contributed by atoms with van der Waals surface area (Å²) < 4.78 is 13.9. The van der Waals surface area contributed by atoms with Crippen molar-refractivity contribution in [3.05, 3.63) is 65.5 Å². The Morgan fingerprint density at radius 2 is 1.88 bits per heavy atom. The molecule has 2 N–H and O–H groups in total. The first-order valence-corrected chi connectivity index (χ1v) is 8.15. The molecule has 0 aliphatic carbocycles. The van der Waals surface area contributed by atoms with Crippen molar-refractivity contribution < 1.29 is 19.1 Å². The van der Waals surface area contributed by atoms with Crippen LogP contribution < -0.4 is 10.3 Å². The lowest BCUT2D eigenvalue weighted by atomic mass is 10.1. The van der Waals surface area contributed by atoms with Crippen molar-refractivity contribution in [2.24, 2.45) is 5.10 Å². The molecular weight excluding hydrogens is 337 g/mol. The Balaban J connectivity index is 1.76. The summed E-state index contributed by atoms with van der Waals surface area (Å²) >= 11 is 0. The molecule has 6 nitrogen and oxygen atoms in total. The molecule has 0 unspecified atom stereocenters. The van der Waals surface area contributed by atoms with E-state index in [4.69, 9.17) is 0 Å². The van der Waals surface area contributed by atoms with E-state index in [1.807, 2.05) is 11.9 Å². The zero-order chi connectivity index (χ0) is 18.7. The lowest BCUT2D eigenvalue weighted by molar-refractivity contribution is -0.139. The third-order valence-electron chi connectivity index (χ3n) is 4.14. The van der Waals surface area contributed by atoms with Gasteiger partial charge in [-0.25, -0.2) is 9.18 Å². The number of halogens is 1. The van der Waals surface area contributed by atoms with Gasteiger partial charge in [-0.2, -0.15) is 5.10 Å². The van der Waals surface area contributed by atoms with Crippen LogP contribution in [0.2, 0.25) is 0 Å². The van der Waals surface area contributed by atoms with Gasteiger partial charge < -0.3 is 10.4 Å². The number of amides is 1. The molecule has 0 bridgehead atoms. The standard InChI is InChI=1S/C19H18FN3O3/c1-12-10-11-23(22-12)14-8-6-13(7-9-14)18(24)21-17(19(25)26)15-4-2-3-5-16(15)20/h2-9,17H,10-11H2,1H3,(H,21,24)(H,25,26)/t17-/m1/s1. The number of carboxylic acids is 1. The summed E-state index contributed by atoms with van der Waals surface area (Å²) in [5, 5.41) is 18.0. The fourth-order valence-corrected chi connectivity index (χ4v) is 2.74. The molecular formula is C19H18FN3O3.